The zero-order valence-corrected chi connectivity index (χ0v) is 18.5. The number of rotatable bonds is 7. The fourth-order valence-electron chi connectivity index (χ4n) is 4.26. The first kappa shape index (κ1) is 21.4. The molecule has 1 aliphatic rings. The molecule has 1 saturated heterocycles. The average molecular weight is 395 g/mol. The van der Waals surface area contributed by atoms with Crippen molar-refractivity contribution in [1.82, 2.24) is 19.8 Å². The molecule has 0 unspecified atom stereocenters. The van der Waals surface area contributed by atoms with Crippen LogP contribution in [-0.4, -0.2) is 51.9 Å². The van der Waals surface area contributed by atoms with Gasteiger partial charge in [-0.3, -0.25) is 9.69 Å². The van der Waals surface area contributed by atoms with Gasteiger partial charge in [-0.05, 0) is 58.7 Å². The van der Waals surface area contributed by atoms with Crippen LogP contribution in [0.15, 0.2) is 24.3 Å². The van der Waals surface area contributed by atoms with Crippen LogP contribution in [0.1, 0.15) is 60.1 Å². The van der Waals surface area contributed by atoms with E-state index < -0.39 is 0 Å². The van der Waals surface area contributed by atoms with E-state index in [0.717, 1.165) is 61.9 Å². The van der Waals surface area contributed by atoms with Crippen LogP contribution in [0.3, 0.4) is 0 Å². The summed E-state index contributed by atoms with van der Waals surface area (Å²) in [6.45, 7) is 14.8. The minimum atomic E-state index is 0.155. The Balaban J connectivity index is 1.69. The standard InChI is InChI=1S/C24H34N4O/c1-6-28(7-2)23(29)14-22-18(4)25-24(26-19(22)5)21-12-13-27(16-21)15-20-11-9-8-10-17(20)3/h8-11,21H,6-7,12-16H2,1-5H3/t21-/m1/s1. The van der Waals surface area contributed by atoms with Gasteiger partial charge < -0.3 is 4.90 Å². The van der Waals surface area contributed by atoms with Gasteiger partial charge in [-0.1, -0.05) is 24.3 Å². The maximum Gasteiger partial charge on any atom is 0.227 e. The molecule has 0 spiro atoms. The van der Waals surface area contributed by atoms with Crippen LogP contribution in [0, 0.1) is 20.8 Å². The molecule has 3 rings (SSSR count). The fourth-order valence-corrected chi connectivity index (χ4v) is 4.26. The minimum absolute atomic E-state index is 0.155. The summed E-state index contributed by atoms with van der Waals surface area (Å²) >= 11 is 0. The number of likely N-dealkylation sites (tertiary alicyclic amines) is 1. The molecule has 5 heteroatoms. The van der Waals surface area contributed by atoms with Gasteiger partial charge in [-0.15, -0.1) is 0 Å². The molecular weight excluding hydrogens is 360 g/mol. The Labute approximate surface area is 175 Å². The molecular formula is C24H34N4O. The van der Waals surface area contributed by atoms with Crippen molar-refractivity contribution < 1.29 is 4.79 Å². The van der Waals surface area contributed by atoms with Gasteiger partial charge in [-0.2, -0.15) is 0 Å². The third-order valence-electron chi connectivity index (χ3n) is 6.17. The summed E-state index contributed by atoms with van der Waals surface area (Å²) in [6.07, 6.45) is 1.48. The van der Waals surface area contributed by atoms with E-state index in [1.54, 1.807) is 0 Å². The second-order valence-corrected chi connectivity index (χ2v) is 8.12. The van der Waals surface area contributed by atoms with Crippen molar-refractivity contribution in [3.63, 3.8) is 0 Å². The van der Waals surface area contributed by atoms with Crippen molar-refractivity contribution in [2.45, 2.75) is 59.9 Å². The largest absolute Gasteiger partial charge is 0.343 e. The summed E-state index contributed by atoms with van der Waals surface area (Å²) in [4.78, 5) is 26.6. The number of amides is 1. The number of aromatic nitrogens is 2. The van der Waals surface area contributed by atoms with E-state index in [4.69, 9.17) is 9.97 Å². The average Bonchev–Trinajstić information content (AvgIpc) is 3.16. The molecule has 0 saturated carbocycles. The van der Waals surface area contributed by atoms with Gasteiger partial charge in [0.2, 0.25) is 5.91 Å². The Hall–Kier alpha value is -2.27. The SMILES string of the molecule is CCN(CC)C(=O)Cc1c(C)nc([C@@H]2CCN(Cc3ccccc3C)C2)nc1C. The number of benzene rings is 1. The van der Waals surface area contributed by atoms with Crippen LogP contribution in [0.5, 0.6) is 0 Å². The number of nitrogens with zero attached hydrogens (tertiary/aromatic N) is 4. The number of aryl methyl sites for hydroxylation is 3. The summed E-state index contributed by atoms with van der Waals surface area (Å²) in [6, 6.07) is 8.60. The molecule has 1 atom stereocenters. The fraction of sp³-hybridized carbons (Fsp3) is 0.542. The zero-order chi connectivity index (χ0) is 21.0. The highest BCUT2D eigenvalue weighted by Crippen LogP contribution is 2.28. The lowest BCUT2D eigenvalue weighted by molar-refractivity contribution is -0.130. The highest BCUT2D eigenvalue weighted by atomic mass is 16.2. The second-order valence-electron chi connectivity index (χ2n) is 8.12. The van der Waals surface area contributed by atoms with Crippen molar-refractivity contribution in [2.75, 3.05) is 26.2 Å². The quantitative estimate of drug-likeness (QED) is 0.717. The normalized spacial score (nSPS) is 16.9. The molecule has 156 valence electrons. The molecule has 29 heavy (non-hydrogen) atoms. The second kappa shape index (κ2) is 9.49. The molecule has 5 nitrogen and oxygen atoms in total. The summed E-state index contributed by atoms with van der Waals surface area (Å²) < 4.78 is 0. The number of carbonyl (C=O) groups is 1. The monoisotopic (exact) mass is 394 g/mol. The van der Waals surface area contributed by atoms with E-state index in [1.807, 2.05) is 32.6 Å². The first-order chi connectivity index (χ1) is 13.9. The Bertz CT molecular complexity index is 837. The van der Waals surface area contributed by atoms with Crippen LogP contribution in [0.2, 0.25) is 0 Å². The first-order valence-corrected chi connectivity index (χ1v) is 10.8. The predicted octanol–water partition coefficient (Wildman–Crippen LogP) is 3.80. The Morgan fingerprint density at radius 2 is 1.76 bits per heavy atom. The molecule has 1 fully saturated rings. The lowest BCUT2D eigenvalue weighted by Gasteiger charge is -2.20. The Morgan fingerprint density at radius 1 is 1.10 bits per heavy atom. The summed E-state index contributed by atoms with van der Waals surface area (Å²) in [5.41, 5.74) is 5.63. The van der Waals surface area contributed by atoms with Gasteiger partial charge in [0, 0.05) is 49.0 Å². The van der Waals surface area contributed by atoms with Crippen molar-refractivity contribution >= 4 is 5.91 Å². The van der Waals surface area contributed by atoms with Gasteiger partial charge in [0.1, 0.15) is 5.82 Å². The van der Waals surface area contributed by atoms with Crippen LogP contribution in [0.4, 0.5) is 0 Å². The van der Waals surface area contributed by atoms with E-state index in [1.165, 1.54) is 11.1 Å². The first-order valence-electron chi connectivity index (χ1n) is 10.8. The van der Waals surface area contributed by atoms with Crippen molar-refractivity contribution in [3.8, 4) is 0 Å². The van der Waals surface area contributed by atoms with Crippen molar-refractivity contribution in [3.05, 3.63) is 58.2 Å². The van der Waals surface area contributed by atoms with Crippen LogP contribution >= 0.6 is 0 Å². The summed E-state index contributed by atoms with van der Waals surface area (Å²) in [5, 5.41) is 0. The van der Waals surface area contributed by atoms with Gasteiger partial charge in [0.25, 0.3) is 0 Å². The maximum atomic E-state index is 12.5. The molecule has 1 aromatic heterocycles. The maximum absolute atomic E-state index is 12.5. The van der Waals surface area contributed by atoms with E-state index in [2.05, 4.69) is 36.1 Å². The van der Waals surface area contributed by atoms with Gasteiger partial charge in [0.05, 0.1) is 6.42 Å². The van der Waals surface area contributed by atoms with Crippen molar-refractivity contribution in [2.24, 2.45) is 0 Å². The molecule has 2 heterocycles. The van der Waals surface area contributed by atoms with Crippen LogP contribution < -0.4 is 0 Å². The summed E-state index contributed by atoms with van der Waals surface area (Å²) in [7, 11) is 0. The number of hydrogen-bond acceptors (Lipinski definition) is 4. The smallest absolute Gasteiger partial charge is 0.227 e. The third-order valence-corrected chi connectivity index (χ3v) is 6.17. The molecule has 0 aliphatic carbocycles. The molecule has 1 aromatic carbocycles. The molecule has 1 aliphatic heterocycles. The third kappa shape index (κ3) is 5.02. The number of likely N-dealkylation sites (N-methyl/N-ethyl adjacent to an activating group) is 1. The molecule has 2 aromatic rings. The van der Waals surface area contributed by atoms with Gasteiger partial charge >= 0.3 is 0 Å². The van der Waals surface area contributed by atoms with E-state index in [-0.39, 0.29) is 5.91 Å². The zero-order valence-electron chi connectivity index (χ0n) is 18.5. The van der Waals surface area contributed by atoms with E-state index in [0.29, 0.717) is 12.3 Å². The predicted molar refractivity (Wildman–Crippen MR) is 117 cm³/mol. The topological polar surface area (TPSA) is 49.3 Å². The molecule has 0 N–H and O–H groups in total. The molecule has 1 amide bonds. The number of carbonyl (C=O) groups excluding carboxylic acids is 1. The lowest BCUT2D eigenvalue weighted by atomic mass is 10.0. The van der Waals surface area contributed by atoms with Crippen molar-refractivity contribution in [1.29, 1.82) is 0 Å². The Morgan fingerprint density at radius 3 is 2.38 bits per heavy atom. The molecule has 0 bridgehead atoms. The van der Waals surface area contributed by atoms with E-state index in [9.17, 15) is 4.79 Å². The van der Waals surface area contributed by atoms with Gasteiger partial charge in [0.15, 0.2) is 0 Å². The summed E-state index contributed by atoms with van der Waals surface area (Å²) in [5.74, 6) is 1.46. The molecule has 0 radical (unpaired) electrons. The van der Waals surface area contributed by atoms with Crippen LogP contribution in [-0.2, 0) is 17.8 Å². The van der Waals surface area contributed by atoms with E-state index >= 15 is 0 Å². The highest BCUT2D eigenvalue weighted by molar-refractivity contribution is 5.79. The number of hydrogen-bond donors (Lipinski definition) is 0. The lowest BCUT2D eigenvalue weighted by Crippen LogP contribution is -2.32. The van der Waals surface area contributed by atoms with Crippen LogP contribution in [0.25, 0.3) is 0 Å². The minimum Gasteiger partial charge on any atom is -0.343 e. The highest BCUT2D eigenvalue weighted by Gasteiger charge is 2.27. The van der Waals surface area contributed by atoms with Gasteiger partial charge in [-0.25, -0.2) is 9.97 Å². The Kier molecular flexibility index (Phi) is 7.01.